The molecule has 0 radical (unpaired) electrons. The summed E-state index contributed by atoms with van der Waals surface area (Å²) in [5.74, 6) is 0.577. The van der Waals surface area contributed by atoms with Gasteiger partial charge in [0.2, 0.25) is 20.0 Å². The van der Waals surface area contributed by atoms with E-state index < -0.39 is 20.0 Å². The number of benzene rings is 1. The number of hydrogen-bond donors (Lipinski definition) is 2. The standard InChI is InChI=1S/C16H15N3O5S2/c17-25(20,21)13-3-5-14(6-4-13)26(22,23)19-11-12-7-8-18-15(10-12)16-2-1-9-24-16/h1-10,19H,11H2,(H2,17,20,21). The zero-order chi connectivity index (χ0) is 18.8. The quantitative estimate of drug-likeness (QED) is 0.652. The number of nitrogens with two attached hydrogens (primary N) is 1. The molecule has 136 valence electrons. The number of rotatable bonds is 6. The second-order valence-electron chi connectivity index (χ2n) is 5.37. The molecule has 0 aliphatic carbocycles. The molecule has 8 nitrogen and oxygen atoms in total. The van der Waals surface area contributed by atoms with Crippen molar-refractivity contribution in [2.24, 2.45) is 5.14 Å². The highest BCUT2D eigenvalue weighted by Gasteiger charge is 2.16. The summed E-state index contributed by atoms with van der Waals surface area (Å²) in [6.45, 7) is 0.0372. The molecule has 0 bridgehead atoms. The Morgan fingerprint density at radius 1 is 1.00 bits per heavy atom. The maximum Gasteiger partial charge on any atom is 0.240 e. The van der Waals surface area contributed by atoms with Gasteiger partial charge in [0, 0.05) is 12.7 Å². The van der Waals surface area contributed by atoms with Crippen molar-refractivity contribution in [2.75, 3.05) is 0 Å². The number of nitrogens with one attached hydrogen (secondary N) is 1. The van der Waals surface area contributed by atoms with Gasteiger partial charge in [-0.25, -0.2) is 26.7 Å². The van der Waals surface area contributed by atoms with Crippen LogP contribution in [0, 0.1) is 0 Å². The molecule has 0 aliphatic heterocycles. The number of nitrogens with zero attached hydrogens (tertiary/aromatic N) is 1. The third-order valence-corrected chi connectivity index (χ3v) is 5.87. The van der Waals surface area contributed by atoms with E-state index in [-0.39, 0.29) is 16.3 Å². The Hall–Kier alpha value is -2.53. The minimum Gasteiger partial charge on any atom is -0.463 e. The average molecular weight is 393 g/mol. The van der Waals surface area contributed by atoms with E-state index in [0.29, 0.717) is 17.0 Å². The third kappa shape index (κ3) is 4.17. The Labute approximate surface area is 150 Å². The van der Waals surface area contributed by atoms with E-state index in [1.165, 1.54) is 18.4 Å². The topological polar surface area (TPSA) is 132 Å². The van der Waals surface area contributed by atoms with Crippen LogP contribution < -0.4 is 9.86 Å². The molecule has 0 unspecified atom stereocenters. The van der Waals surface area contributed by atoms with Gasteiger partial charge in [-0.1, -0.05) is 0 Å². The van der Waals surface area contributed by atoms with Gasteiger partial charge >= 0.3 is 0 Å². The van der Waals surface area contributed by atoms with E-state index in [1.54, 1.807) is 30.5 Å². The van der Waals surface area contributed by atoms with Crippen molar-refractivity contribution in [3.05, 3.63) is 66.6 Å². The smallest absolute Gasteiger partial charge is 0.240 e. The minimum atomic E-state index is -3.88. The molecule has 0 spiro atoms. The van der Waals surface area contributed by atoms with Crippen molar-refractivity contribution in [3.8, 4) is 11.5 Å². The summed E-state index contributed by atoms with van der Waals surface area (Å²) >= 11 is 0. The van der Waals surface area contributed by atoms with Gasteiger partial charge in [-0.2, -0.15) is 0 Å². The molecular formula is C16H15N3O5S2. The van der Waals surface area contributed by atoms with Crippen LogP contribution in [0.4, 0.5) is 0 Å². The Morgan fingerprint density at radius 2 is 1.69 bits per heavy atom. The fourth-order valence-corrected chi connectivity index (χ4v) is 3.75. The van der Waals surface area contributed by atoms with Crippen molar-refractivity contribution < 1.29 is 21.3 Å². The van der Waals surface area contributed by atoms with Gasteiger partial charge in [0.25, 0.3) is 0 Å². The lowest BCUT2D eigenvalue weighted by Crippen LogP contribution is -2.23. The van der Waals surface area contributed by atoms with Crippen LogP contribution in [0.2, 0.25) is 0 Å². The first-order valence-electron chi connectivity index (χ1n) is 7.37. The lowest BCUT2D eigenvalue weighted by molar-refractivity contribution is 0.579. The second kappa shape index (κ2) is 7.00. The molecule has 0 aliphatic rings. The van der Waals surface area contributed by atoms with Gasteiger partial charge < -0.3 is 4.42 Å². The lowest BCUT2D eigenvalue weighted by atomic mass is 10.2. The van der Waals surface area contributed by atoms with Crippen LogP contribution in [0.5, 0.6) is 0 Å². The Balaban J connectivity index is 1.75. The number of primary sulfonamides is 1. The second-order valence-corrected chi connectivity index (χ2v) is 8.70. The monoisotopic (exact) mass is 393 g/mol. The van der Waals surface area contributed by atoms with Crippen LogP contribution in [-0.4, -0.2) is 21.8 Å². The van der Waals surface area contributed by atoms with E-state index in [1.807, 2.05) is 0 Å². The van der Waals surface area contributed by atoms with Crippen LogP contribution in [0.25, 0.3) is 11.5 Å². The molecule has 26 heavy (non-hydrogen) atoms. The molecular weight excluding hydrogens is 378 g/mol. The molecule has 2 heterocycles. The molecule has 2 aromatic heterocycles. The Bertz CT molecular complexity index is 1110. The summed E-state index contributed by atoms with van der Waals surface area (Å²) in [4.78, 5) is 3.95. The van der Waals surface area contributed by atoms with Crippen molar-refractivity contribution >= 4 is 20.0 Å². The molecule has 3 N–H and O–H groups in total. The molecule has 1 aromatic carbocycles. The zero-order valence-corrected chi connectivity index (χ0v) is 15.0. The van der Waals surface area contributed by atoms with Crippen LogP contribution in [0.1, 0.15) is 5.56 Å². The van der Waals surface area contributed by atoms with Gasteiger partial charge in [-0.15, -0.1) is 0 Å². The summed E-state index contributed by atoms with van der Waals surface area (Å²) in [7, 11) is -7.69. The highest BCUT2D eigenvalue weighted by molar-refractivity contribution is 7.89. The van der Waals surface area contributed by atoms with Gasteiger partial charge in [0.1, 0.15) is 5.69 Å². The number of pyridine rings is 1. The van der Waals surface area contributed by atoms with Crippen LogP contribution in [0.3, 0.4) is 0 Å². The van der Waals surface area contributed by atoms with E-state index >= 15 is 0 Å². The maximum absolute atomic E-state index is 12.4. The van der Waals surface area contributed by atoms with Crippen molar-refractivity contribution in [3.63, 3.8) is 0 Å². The predicted octanol–water partition coefficient (Wildman–Crippen LogP) is 1.47. The van der Waals surface area contributed by atoms with Gasteiger partial charge in [0.15, 0.2) is 5.76 Å². The molecule has 0 amide bonds. The van der Waals surface area contributed by atoms with E-state index in [4.69, 9.17) is 9.56 Å². The van der Waals surface area contributed by atoms with Gasteiger partial charge in [0.05, 0.1) is 16.1 Å². The molecule has 0 saturated carbocycles. The number of aromatic nitrogens is 1. The normalized spacial score (nSPS) is 12.2. The average Bonchev–Trinajstić information content (AvgIpc) is 3.14. The summed E-state index contributed by atoms with van der Waals surface area (Å²) < 4.78 is 54.9. The van der Waals surface area contributed by atoms with Crippen LogP contribution in [0.15, 0.2) is 75.2 Å². The third-order valence-electron chi connectivity index (χ3n) is 3.53. The van der Waals surface area contributed by atoms with Crippen molar-refractivity contribution in [1.82, 2.24) is 9.71 Å². The molecule has 10 heteroatoms. The van der Waals surface area contributed by atoms with Crippen LogP contribution >= 0.6 is 0 Å². The maximum atomic E-state index is 12.4. The fourth-order valence-electron chi connectivity index (χ4n) is 2.21. The Kier molecular flexibility index (Phi) is 4.92. The van der Waals surface area contributed by atoms with Crippen LogP contribution in [-0.2, 0) is 26.6 Å². The van der Waals surface area contributed by atoms with Crippen molar-refractivity contribution in [2.45, 2.75) is 16.3 Å². The first kappa shape index (κ1) is 18.3. The minimum absolute atomic E-state index is 0.0372. The van der Waals surface area contributed by atoms with E-state index in [0.717, 1.165) is 12.1 Å². The highest BCUT2D eigenvalue weighted by Crippen LogP contribution is 2.19. The zero-order valence-electron chi connectivity index (χ0n) is 13.4. The fraction of sp³-hybridized carbons (Fsp3) is 0.0625. The van der Waals surface area contributed by atoms with Crippen molar-refractivity contribution in [1.29, 1.82) is 0 Å². The molecule has 0 saturated heterocycles. The highest BCUT2D eigenvalue weighted by atomic mass is 32.2. The summed E-state index contributed by atoms with van der Waals surface area (Å²) in [5.41, 5.74) is 1.28. The van der Waals surface area contributed by atoms with E-state index in [9.17, 15) is 16.8 Å². The lowest BCUT2D eigenvalue weighted by Gasteiger charge is -2.08. The first-order valence-corrected chi connectivity index (χ1v) is 10.4. The molecule has 3 rings (SSSR count). The Morgan fingerprint density at radius 3 is 2.31 bits per heavy atom. The summed E-state index contributed by atoms with van der Waals surface area (Å²) in [6, 6.07) is 11.5. The largest absolute Gasteiger partial charge is 0.463 e. The van der Waals surface area contributed by atoms with Gasteiger partial charge in [-0.05, 0) is 54.1 Å². The molecule has 0 atom stereocenters. The predicted molar refractivity (Wildman–Crippen MR) is 93.8 cm³/mol. The molecule has 0 fully saturated rings. The van der Waals surface area contributed by atoms with E-state index in [2.05, 4.69) is 9.71 Å². The number of sulfonamides is 2. The summed E-state index contributed by atoms with van der Waals surface area (Å²) in [5, 5.41) is 5.00. The number of furan rings is 1. The van der Waals surface area contributed by atoms with Gasteiger partial charge in [-0.3, -0.25) is 4.98 Å². The molecule has 3 aromatic rings. The summed E-state index contributed by atoms with van der Waals surface area (Å²) in [6.07, 6.45) is 3.08. The SMILES string of the molecule is NS(=O)(=O)c1ccc(S(=O)(=O)NCc2ccnc(-c3ccco3)c2)cc1. The first-order chi connectivity index (χ1) is 12.3. The number of hydrogen-bond acceptors (Lipinski definition) is 6.